The van der Waals surface area contributed by atoms with E-state index in [0.717, 1.165) is 31.9 Å². The quantitative estimate of drug-likeness (QED) is 0.655. The van der Waals surface area contributed by atoms with Crippen LogP contribution in [0.4, 0.5) is 11.5 Å². The van der Waals surface area contributed by atoms with Gasteiger partial charge in [0, 0.05) is 37.4 Å². The summed E-state index contributed by atoms with van der Waals surface area (Å²) in [6.07, 6.45) is 0. The molecule has 9 heteroatoms. The van der Waals surface area contributed by atoms with Crippen LogP contribution in [0.25, 0.3) is 10.2 Å². The molecule has 1 aromatic carbocycles. The Morgan fingerprint density at radius 1 is 1.18 bits per heavy atom. The number of H-pyrrole nitrogens is 1. The summed E-state index contributed by atoms with van der Waals surface area (Å²) in [6.45, 7) is 4.03. The Bertz CT molecular complexity index is 1000. The summed E-state index contributed by atoms with van der Waals surface area (Å²) in [5.74, 6) is -0.249. The normalized spacial score (nSPS) is 15.0. The summed E-state index contributed by atoms with van der Waals surface area (Å²) in [7, 11) is 3.46. The van der Waals surface area contributed by atoms with Gasteiger partial charge < -0.3 is 19.9 Å². The summed E-state index contributed by atoms with van der Waals surface area (Å²) in [5.41, 5.74) is 2.36. The monoisotopic (exact) mass is 399 g/mol. The lowest BCUT2D eigenvalue weighted by molar-refractivity contribution is 0.0606. The molecule has 1 saturated heterocycles. The van der Waals surface area contributed by atoms with Crippen molar-refractivity contribution in [2.24, 2.45) is 0 Å². The number of thiophene rings is 1. The van der Waals surface area contributed by atoms with Crippen molar-refractivity contribution in [3.8, 4) is 0 Å². The van der Waals surface area contributed by atoms with Gasteiger partial charge in [-0.05, 0) is 37.4 Å². The second kappa shape index (κ2) is 7.61. The Morgan fingerprint density at radius 2 is 1.89 bits per heavy atom. The average Bonchev–Trinajstić information content (AvgIpc) is 3.30. The minimum Gasteiger partial charge on any atom is -0.465 e. The summed E-state index contributed by atoms with van der Waals surface area (Å²) in [5, 5.41) is 9.77. The average molecular weight is 399 g/mol. The van der Waals surface area contributed by atoms with E-state index in [0.29, 0.717) is 26.5 Å². The molecular weight excluding hydrogens is 378 g/mol. The van der Waals surface area contributed by atoms with E-state index in [-0.39, 0.29) is 5.91 Å². The molecule has 2 N–H and O–H groups in total. The minimum atomic E-state index is -0.411. The fraction of sp³-hybridized carbons (Fsp3) is 0.316. The van der Waals surface area contributed by atoms with Gasteiger partial charge in [-0.1, -0.05) is 0 Å². The third kappa shape index (κ3) is 3.58. The molecule has 0 radical (unpaired) electrons. The van der Waals surface area contributed by atoms with Gasteiger partial charge in [-0.15, -0.1) is 11.3 Å². The van der Waals surface area contributed by atoms with Crippen LogP contribution in [-0.2, 0) is 4.74 Å². The molecule has 3 heterocycles. The van der Waals surface area contributed by atoms with Crippen LogP contribution >= 0.6 is 11.3 Å². The number of esters is 1. The number of piperazine rings is 1. The standard InChI is InChI=1S/C19H21N5O3S/c1-23-7-9-24(10-8-23)13-5-3-12(4-6-13)18(25)20-17-16-14(21-22-17)11-15(28-16)19(26)27-2/h3-6,11H,7-10H2,1-2H3,(H2,20,21,22,25). The third-order valence-electron chi connectivity index (χ3n) is 4.85. The van der Waals surface area contributed by atoms with Crippen molar-refractivity contribution in [2.45, 2.75) is 0 Å². The summed E-state index contributed by atoms with van der Waals surface area (Å²) >= 11 is 1.23. The van der Waals surface area contributed by atoms with Gasteiger partial charge in [0.05, 0.1) is 17.3 Å². The number of fused-ring (bicyclic) bond motifs is 1. The zero-order valence-corrected chi connectivity index (χ0v) is 16.5. The number of aromatic nitrogens is 2. The number of hydrogen-bond donors (Lipinski definition) is 2. The van der Waals surface area contributed by atoms with Gasteiger partial charge in [-0.2, -0.15) is 5.10 Å². The molecule has 0 spiro atoms. The minimum absolute atomic E-state index is 0.244. The molecule has 0 aliphatic carbocycles. The molecule has 1 aliphatic heterocycles. The first-order chi connectivity index (χ1) is 13.5. The number of anilines is 2. The zero-order valence-electron chi connectivity index (χ0n) is 15.7. The number of rotatable bonds is 4. The van der Waals surface area contributed by atoms with E-state index in [1.807, 2.05) is 24.3 Å². The molecule has 2 aromatic heterocycles. The highest BCUT2D eigenvalue weighted by Gasteiger charge is 2.18. The lowest BCUT2D eigenvalue weighted by Gasteiger charge is -2.34. The molecule has 3 aromatic rings. The number of amides is 1. The summed E-state index contributed by atoms with van der Waals surface area (Å²) in [6, 6.07) is 9.25. The van der Waals surface area contributed by atoms with E-state index >= 15 is 0 Å². The molecule has 28 heavy (non-hydrogen) atoms. The first-order valence-corrected chi connectivity index (χ1v) is 9.78. The van der Waals surface area contributed by atoms with Crippen LogP contribution in [0.1, 0.15) is 20.0 Å². The SMILES string of the molecule is COC(=O)c1cc2[nH]nc(NC(=O)c3ccc(N4CCN(C)CC4)cc3)c2s1. The molecular formula is C19H21N5O3S. The number of carbonyl (C=O) groups is 2. The van der Waals surface area contributed by atoms with Gasteiger partial charge in [0.2, 0.25) is 0 Å². The van der Waals surface area contributed by atoms with Gasteiger partial charge in [-0.25, -0.2) is 4.79 Å². The van der Waals surface area contributed by atoms with Crippen molar-refractivity contribution in [1.29, 1.82) is 0 Å². The molecule has 1 aliphatic rings. The van der Waals surface area contributed by atoms with Crippen molar-refractivity contribution >= 4 is 44.9 Å². The number of carbonyl (C=O) groups excluding carboxylic acids is 2. The summed E-state index contributed by atoms with van der Waals surface area (Å²) < 4.78 is 5.45. The maximum atomic E-state index is 12.6. The largest absolute Gasteiger partial charge is 0.465 e. The first kappa shape index (κ1) is 18.5. The molecule has 146 valence electrons. The number of nitrogens with zero attached hydrogens (tertiary/aromatic N) is 3. The van der Waals surface area contributed by atoms with Crippen molar-refractivity contribution in [1.82, 2.24) is 15.1 Å². The van der Waals surface area contributed by atoms with Crippen LogP contribution in [0, 0.1) is 0 Å². The molecule has 4 rings (SSSR count). The Balaban J connectivity index is 1.47. The molecule has 0 bridgehead atoms. The van der Waals surface area contributed by atoms with Gasteiger partial charge in [0.1, 0.15) is 4.88 Å². The topological polar surface area (TPSA) is 90.6 Å². The van der Waals surface area contributed by atoms with Gasteiger partial charge in [-0.3, -0.25) is 9.89 Å². The Hall–Kier alpha value is -2.91. The second-order valence-electron chi connectivity index (χ2n) is 6.71. The van der Waals surface area contributed by atoms with Crippen LogP contribution in [0.3, 0.4) is 0 Å². The Morgan fingerprint density at radius 3 is 2.57 bits per heavy atom. The Kier molecular flexibility index (Phi) is 5.01. The first-order valence-electron chi connectivity index (χ1n) is 8.96. The smallest absolute Gasteiger partial charge is 0.348 e. The predicted molar refractivity (Wildman–Crippen MR) is 109 cm³/mol. The molecule has 0 unspecified atom stereocenters. The van der Waals surface area contributed by atoms with Gasteiger partial charge in [0.15, 0.2) is 5.82 Å². The number of benzene rings is 1. The van der Waals surface area contributed by atoms with Crippen LogP contribution in [0.5, 0.6) is 0 Å². The van der Waals surface area contributed by atoms with E-state index in [4.69, 9.17) is 4.74 Å². The van der Waals surface area contributed by atoms with E-state index in [1.54, 1.807) is 6.07 Å². The van der Waals surface area contributed by atoms with Crippen molar-refractivity contribution in [3.05, 3.63) is 40.8 Å². The fourth-order valence-corrected chi connectivity index (χ4v) is 4.14. The lowest BCUT2D eigenvalue weighted by Crippen LogP contribution is -2.44. The Labute approximate surface area is 166 Å². The van der Waals surface area contributed by atoms with Gasteiger partial charge in [0.25, 0.3) is 5.91 Å². The number of ether oxygens (including phenoxy) is 1. The molecule has 0 atom stereocenters. The number of nitrogens with one attached hydrogen (secondary N) is 2. The van der Waals surface area contributed by atoms with Crippen LogP contribution in [0.15, 0.2) is 30.3 Å². The second-order valence-corrected chi connectivity index (χ2v) is 7.76. The highest BCUT2D eigenvalue weighted by Crippen LogP contribution is 2.30. The lowest BCUT2D eigenvalue weighted by atomic mass is 10.1. The van der Waals surface area contributed by atoms with Crippen molar-refractivity contribution in [2.75, 3.05) is 50.6 Å². The van der Waals surface area contributed by atoms with E-state index in [1.165, 1.54) is 18.4 Å². The van der Waals surface area contributed by atoms with Crippen molar-refractivity contribution < 1.29 is 14.3 Å². The summed E-state index contributed by atoms with van der Waals surface area (Å²) in [4.78, 5) is 29.4. The van der Waals surface area contributed by atoms with Gasteiger partial charge >= 0.3 is 5.97 Å². The van der Waals surface area contributed by atoms with Crippen LogP contribution < -0.4 is 10.2 Å². The molecule has 1 amide bonds. The molecule has 1 fully saturated rings. The molecule has 8 nitrogen and oxygen atoms in total. The van der Waals surface area contributed by atoms with Crippen LogP contribution in [-0.4, -0.2) is 67.3 Å². The third-order valence-corrected chi connectivity index (χ3v) is 5.97. The van der Waals surface area contributed by atoms with E-state index in [9.17, 15) is 9.59 Å². The number of likely N-dealkylation sites (N-methyl/N-ethyl adjacent to an activating group) is 1. The van der Waals surface area contributed by atoms with Crippen LogP contribution in [0.2, 0.25) is 0 Å². The predicted octanol–water partition coefficient (Wildman–Crippen LogP) is 2.42. The highest BCUT2D eigenvalue weighted by atomic mass is 32.1. The van der Waals surface area contributed by atoms with E-state index < -0.39 is 5.97 Å². The fourth-order valence-electron chi connectivity index (χ4n) is 3.17. The number of aromatic amines is 1. The number of hydrogen-bond acceptors (Lipinski definition) is 7. The maximum absolute atomic E-state index is 12.6. The number of methoxy groups -OCH3 is 1. The van der Waals surface area contributed by atoms with E-state index in [2.05, 4.69) is 32.4 Å². The zero-order chi connectivity index (χ0) is 19.7. The van der Waals surface area contributed by atoms with Crippen molar-refractivity contribution in [3.63, 3.8) is 0 Å². The maximum Gasteiger partial charge on any atom is 0.348 e. The molecule has 0 saturated carbocycles. The highest BCUT2D eigenvalue weighted by molar-refractivity contribution is 7.21.